The maximum absolute atomic E-state index is 11.7. The quantitative estimate of drug-likeness (QED) is 0.487. The summed E-state index contributed by atoms with van der Waals surface area (Å²) in [5.41, 5.74) is 0.882. The Bertz CT molecular complexity index is 480. The molecule has 1 heterocycles. The molecule has 0 aliphatic carbocycles. The number of hydrogen-bond acceptors (Lipinski definition) is 3. The van der Waals surface area contributed by atoms with Gasteiger partial charge < -0.3 is 9.31 Å². The molecule has 1 saturated heterocycles. The lowest BCUT2D eigenvalue weighted by molar-refractivity contribution is 0.00578. The van der Waals surface area contributed by atoms with Gasteiger partial charge in [-0.05, 0) is 33.2 Å². The smallest absolute Gasteiger partial charge is 0.399 e. The second-order valence-corrected chi connectivity index (χ2v) is 6.45. The molecule has 0 radical (unpaired) electrons. The minimum absolute atomic E-state index is 0.0560. The molecule has 20 heavy (non-hydrogen) atoms. The molecular formula is C15H20BClO3. The third-order valence-electron chi connectivity index (χ3n) is 4.08. The lowest BCUT2D eigenvalue weighted by Crippen LogP contribution is -2.41. The van der Waals surface area contributed by atoms with E-state index < -0.39 is 7.12 Å². The Morgan fingerprint density at radius 3 is 2.05 bits per heavy atom. The molecular weight excluding hydrogens is 274 g/mol. The predicted octanol–water partition coefficient (Wildman–Crippen LogP) is 2.80. The summed E-state index contributed by atoms with van der Waals surface area (Å²) in [7, 11) is -0.392. The van der Waals surface area contributed by atoms with Gasteiger partial charge in [0.15, 0.2) is 5.78 Å². The van der Waals surface area contributed by atoms with E-state index in [1.807, 2.05) is 39.8 Å². The lowest BCUT2D eigenvalue weighted by atomic mass is 9.78. The highest BCUT2D eigenvalue weighted by atomic mass is 35.5. The Morgan fingerprint density at radius 1 is 1.10 bits per heavy atom. The van der Waals surface area contributed by atoms with Crippen LogP contribution in [0.3, 0.4) is 0 Å². The van der Waals surface area contributed by atoms with Gasteiger partial charge in [0.05, 0.1) is 11.2 Å². The van der Waals surface area contributed by atoms with Crippen LogP contribution in [0.25, 0.3) is 0 Å². The molecule has 0 unspecified atom stereocenters. The summed E-state index contributed by atoms with van der Waals surface area (Å²) in [6.07, 6.45) is 0.359. The second-order valence-electron chi connectivity index (χ2n) is 6.07. The number of halogens is 1. The fourth-order valence-electron chi connectivity index (χ4n) is 2.04. The van der Waals surface area contributed by atoms with Crippen LogP contribution in [-0.4, -0.2) is 30.0 Å². The summed E-state index contributed by atoms with van der Waals surface area (Å²) >= 11 is 5.58. The monoisotopic (exact) mass is 294 g/mol. The van der Waals surface area contributed by atoms with Crippen LogP contribution >= 0.6 is 11.6 Å². The molecule has 0 spiro atoms. The van der Waals surface area contributed by atoms with Gasteiger partial charge in [-0.25, -0.2) is 0 Å². The normalized spacial score (nSPS) is 20.1. The molecule has 0 saturated carbocycles. The van der Waals surface area contributed by atoms with Gasteiger partial charge in [0, 0.05) is 17.9 Å². The van der Waals surface area contributed by atoms with Gasteiger partial charge in [0.2, 0.25) is 0 Å². The van der Waals surface area contributed by atoms with E-state index in [2.05, 4.69) is 0 Å². The van der Waals surface area contributed by atoms with Crippen molar-refractivity contribution in [3.63, 3.8) is 0 Å². The minimum Gasteiger partial charge on any atom is -0.399 e. The lowest BCUT2D eigenvalue weighted by Gasteiger charge is -2.32. The number of rotatable bonds is 4. The van der Waals surface area contributed by atoms with Crippen LogP contribution in [0.4, 0.5) is 0 Å². The molecule has 2 rings (SSSR count). The zero-order valence-corrected chi connectivity index (χ0v) is 13.2. The Kier molecular flexibility index (Phi) is 4.28. The first-order valence-corrected chi connectivity index (χ1v) is 7.35. The molecule has 5 heteroatoms. The number of hydrogen-bond donors (Lipinski definition) is 0. The maximum Gasteiger partial charge on any atom is 0.494 e. The number of benzene rings is 1. The Morgan fingerprint density at radius 2 is 1.60 bits per heavy atom. The highest BCUT2D eigenvalue weighted by Crippen LogP contribution is 2.36. The summed E-state index contributed by atoms with van der Waals surface area (Å²) in [5, 5.41) is 0. The van der Waals surface area contributed by atoms with Crippen LogP contribution < -0.4 is 5.46 Å². The van der Waals surface area contributed by atoms with E-state index in [1.54, 1.807) is 12.1 Å². The van der Waals surface area contributed by atoms with Crippen LogP contribution in [0.5, 0.6) is 0 Å². The minimum atomic E-state index is -0.392. The van der Waals surface area contributed by atoms with Gasteiger partial charge in [-0.2, -0.15) is 0 Å². The summed E-state index contributed by atoms with van der Waals surface area (Å²) in [6.45, 7) is 8.08. The SMILES string of the molecule is CC1(C)OB(c2ccc(C(=O)CCCl)cc2)OC1(C)C. The summed E-state index contributed by atoms with van der Waals surface area (Å²) in [6, 6.07) is 7.36. The van der Waals surface area contributed by atoms with Crippen LogP contribution in [0.15, 0.2) is 24.3 Å². The molecule has 1 aliphatic rings. The van der Waals surface area contributed by atoms with Crippen molar-refractivity contribution in [3.8, 4) is 0 Å². The van der Waals surface area contributed by atoms with Crippen LogP contribution in [-0.2, 0) is 9.31 Å². The van der Waals surface area contributed by atoms with E-state index in [0.29, 0.717) is 17.9 Å². The zero-order valence-electron chi connectivity index (χ0n) is 12.4. The first kappa shape index (κ1) is 15.6. The van der Waals surface area contributed by atoms with Crippen molar-refractivity contribution < 1.29 is 14.1 Å². The van der Waals surface area contributed by atoms with E-state index in [4.69, 9.17) is 20.9 Å². The number of Topliss-reactive ketones (excluding diaryl/α,β-unsaturated/α-hetero) is 1. The average molecular weight is 295 g/mol. The van der Waals surface area contributed by atoms with E-state index >= 15 is 0 Å². The van der Waals surface area contributed by atoms with Crippen LogP contribution in [0, 0.1) is 0 Å². The van der Waals surface area contributed by atoms with E-state index in [-0.39, 0.29) is 17.0 Å². The van der Waals surface area contributed by atoms with E-state index in [0.717, 1.165) is 5.46 Å². The van der Waals surface area contributed by atoms with Gasteiger partial charge in [-0.1, -0.05) is 24.3 Å². The first-order valence-electron chi connectivity index (χ1n) is 6.81. The van der Waals surface area contributed by atoms with Crippen molar-refractivity contribution in [2.24, 2.45) is 0 Å². The number of ketones is 1. The fraction of sp³-hybridized carbons (Fsp3) is 0.533. The van der Waals surface area contributed by atoms with Crippen molar-refractivity contribution >= 4 is 30.0 Å². The zero-order chi connectivity index (χ0) is 15.0. The molecule has 0 atom stereocenters. The van der Waals surface area contributed by atoms with Crippen molar-refractivity contribution in [1.82, 2.24) is 0 Å². The second kappa shape index (κ2) is 5.51. The fourth-order valence-corrected chi connectivity index (χ4v) is 2.21. The van der Waals surface area contributed by atoms with Gasteiger partial charge in [0.25, 0.3) is 0 Å². The Hall–Kier alpha value is -0.835. The molecule has 1 aliphatic heterocycles. The molecule has 1 fully saturated rings. The highest BCUT2D eigenvalue weighted by Gasteiger charge is 2.51. The maximum atomic E-state index is 11.7. The standard InChI is InChI=1S/C15H20BClO3/c1-14(2)15(3,4)20-16(19-14)12-7-5-11(6-8-12)13(18)9-10-17/h5-8H,9-10H2,1-4H3. The summed E-state index contributed by atoms with van der Waals surface area (Å²) < 4.78 is 11.9. The number of carbonyl (C=O) groups is 1. The van der Waals surface area contributed by atoms with Crippen LogP contribution in [0.1, 0.15) is 44.5 Å². The van der Waals surface area contributed by atoms with Gasteiger partial charge >= 0.3 is 7.12 Å². The molecule has 1 aromatic carbocycles. The number of carbonyl (C=O) groups excluding carboxylic acids is 1. The molecule has 108 valence electrons. The molecule has 0 amide bonds. The highest BCUT2D eigenvalue weighted by molar-refractivity contribution is 6.62. The van der Waals surface area contributed by atoms with E-state index in [9.17, 15) is 4.79 Å². The Labute approximate surface area is 125 Å². The van der Waals surface area contributed by atoms with Crippen molar-refractivity contribution in [3.05, 3.63) is 29.8 Å². The van der Waals surface area contributed by atoms with Crippen molar-refractivity contribution in [1.29, 1.82) is 0 Å². The van der Waals surface area contributed by atoms with E-state index in [1.165, 1.54) is 0 Å². The molecule has 0 N–H and O–H groups in total. The molecule has 1 aromatic rings. The molecule has 0 aromatic heterocycles. The van der Waals surface area contributed by atoms with Gasteiger partial charge in [-0.15, -0.1) is 11.6 Å². The largest absolute Gasteiger partial charge is 0.494 e. The van der Waals surface area contributed by atoms with Gasteiger partial charge in [0.1, 0.15) is 0 Å². The first-order chi connectivity index (χ1) is 9.27. The third kappa shape index (κ3) is 2.92. The van der Waals surface area contributed by atoms with Crippen molar-refractivity contribution in [2.75, 3.05) is 5.88 Å². The van der Waals surface area contributed by atoms with Gasteiger partial charge in [-0.3, -0.25) is 4.79 Å². The predicted molar refractivity (Wildman–Crippen MR) is 81.8 cm³/mol. The average Bonchev–Trinajstić information content (AvgIpc) is 2.59. The third-order valence-corrected chi connectivity index (χ3v) is 4.27. The summed E-state index contributed by atoms with van der Waals surface area (Å²) in [4.78, 5) is 11.7. The molecule has 0 bridgehead atoms. The van der Waals surface area contributed by atoms with Crippen molar-refractivity contribution in [2.45, 2.75) is 45.3 Å². The molecule has 3 nitrogen and oxygen atoms in total. The van der Waals surface area contributed by atoms with Crippen LogP contribution in [0.2, 0.25) is 0 Å². The summed E-state index contributed by atoms with van der Waals surface area (Å²) in [5.74, 6) is 0.401. The topological polar surface area (TPSA) is 35.5 Å². The Balaban J connectivity index is 2.14. The number of alkyl halides is 1.